The minimum atomic E-state index is -1.23. The molecule has 112 valence electrons. The summed E-state index contributed by atoms with van der Waals surface area (Å²) >= 11 is 0. The third-order valence-electron chi connectivity index (χ3n) is 3.32. The number of aromatic hydroxyl groups is 4. The van der Waals surface area contributed by atoms with Crippen LogP contribution in [0.3, 0.4) is 0 Å². The highest BCUT2D eigenvalue weighted by Crippen LogP contribution is 2.43. The number of hydrogen-bond acceptors (Lipinski definition) is 6. The van der Waals surface area contributed by atoms with Gasteiger partial charge in [-0.1, -0.05) is 18.2 Å². The molecule has 0 saturated carbocycles. The Morgan fingerprint density at radius 3 is 2.00 bits per heavy atom. The third kappa shape index (κ3) is 2.86. The number of aliphatic hydroxyl groups is 2. The Bertz CT molecular complexity index is 623. The minimum absolute atomic E-state index is 0.0359. The second-order valence-corrected chi connectivity index (χ2v) is 4.69. The highest BCUT2D eigenvalue weighted by atomic mass is 16.3. The molecule has 6 heteroatoms. The Kier molecular flexibility index (Phi) is 4.21. The fourth-order valence-electron chi connectivity index (χ4n) is 2.23. The van der Waals surface area contributed by atoms with Gasteiger partial charge in [-0.3, -0.25) is 0 Å². The summed E-state index contributed by atoms with van der Waals surface area (Å²) in [4.78, 5) is 0. The van der Waals surface area contributed by atoms with Crippen molar-refractivity contribution in [1.82, 2.24) is 0 Å². The van der Waals surface area contributed by atoms with E-state index in [1.165, 1.54) is 36.4 Å². The van der Waals surface area contributed by atoms with Crippen LogP contribution in [0.4, 0.5) is 0 Å². The average Bonchev–Trinajstić information content (AvgIpc) is 2.49. The van der Waals surface area contributed by atoms with E-state index in [9.17, 15) is 30.6 Å². The molecule has 6 N–H and O–H groups in total. The second-order valence-electron chi connectivity index (χ2n) is 4.69. The van der Waals surface area contributed by atoms with Crippen LogP contribution < -0.4 is 0 Å². The molecule has 21 heavy (non-hydrogen) atoms. The Morgan fingerprint density at radius 1 is 0.810 bits per heavy atom. The van der Waals surface area contributed by atoms with Gasteiger partial charge in [-0.2, -0.15) is 0 Å². The van der Waals surface area contributed by atoms with Gasteiger partial charge in [0, 0.05) is 11.5 Å². The first-order valence-corrected chi connectivity index (χ1v) is 6.27. The molecular weight excluding hydrogens is 276 g/mol. The number of hydrogen-bond donors (Lipinski definition) is 6. The Labute approximate surface area is 120 Å². The van der Waals surface area contributed by atoms with Crippen molar-refractivity contribution in [2.75, 3.05) is 6.61 Å². The van der Waals surface area contributed by atoms with Crippen molar-refractivity contribution in [3.63, 3.8) is 0 Å². The molecule has 2 unspecified atom stereocenters. The standard InChI is InChI=1S/C15H16O6/c16-7-12(19)13(8-1-3-9(17)4-2-8)10-5-6-11(18)15(21)14(10)20/h1-6,12-13,16-21H,7H2. The van der Waals surface area contributed by atoms with Crippen LogP contribution in [0.1, 0.15) is 17.0 Å². The molecule has 6 nitrogen and oxygen atoms in total. The van der Waals surface area contributed by atoms with Gasteiger partial charge >= 0.3 is 0 Å². The zero-order valence-corrected chi connectivity index (χ0v) is 11.0. The van der Waals surface area contributed by atoms with E-state index in [-0.39, 0.29) is 11.3 Å². The smallest absolute Gasteiger partial charge is 0.200 e. The van der Waals surface area contributed by atoms with Gasteiger partial charge in [0.2, 0.25) is 5.75 Å². The lowest BCUT2D eigenvalue weighted by atomic mass is 9.86. The largest absolute Gasteiger partial charge is 0.508 e. The molecule has 0 radical (unpaired) electrons. The van der Waals surface area contributed by atoms with Crippen LogP contribution in [0.2, 0.25) is 0 Å². The van der Waals surface area contributed by atoms with Crippen molar-refractivity contribution >= 4 is 0 Å². The van der Waals surface area contributed by atoms with Crippen molar-refractivity contribution < 1.29 is 30.6 Å². The van der Waals surface area contributed by atoms with Gasteiger partial charge in [-0.05, 0) is 23.8 Å². The fraction of sp³-hybridized carbons (Fsp3) is 0.200. The van der Waals surface area contributed by atoms with Crippen molar-refractivity contribution in [3.05, 3.63) is 47.5 Å². The number of rotatable bonds is 4. The van der Waals surface area contributed by atoms with Crippen LogP contribution in [0, 0.1) is 0 Å². The van der Waals surface area contributed by atoms with Crippen molar-refractivity contribution in [3.8, 4) is 23.0 Å². The summed E-state index contributed by atoms with van der Waals surface area (Å²) in [7, 11) is 0. The van der Waals surface area contributed by atoms with E-state index in [1.54, 1.807) is 0 Å². The zero-order valence-electron chi connectivity index (χ0n) is 11.0. The highest BCUT2D eigenvalue weighted by molar-refractivity contribution is 5.56. The first kappa shape index (κ1) is 15.0. The number of benzene rings is 2. The van der Waals surface area contributed by atoms with E-state index >= 15 is 0 Å². The van der Waals surface area contributed by atoms with Crippen molar-refractivity contribution in [1.29, 1.82) is 0 Å². The maximum atomic E-state index is 10.0. The van der Waals surface area contributed by atoms with E-state index in [2.05, 4.69) is 0 Å². The Balaban J connectivity index is 2.56. The molecule has 0 heterocycles. The van der Waals surface area contributed by atoms with Gasteiger partial charge in [0.15, 0.2) is 11.5 Å². The Hall–Kier alpha value is -2.44. The normalized spacial score (nSPS) is 13.8. The zero-order chi connectivity index (χ0) is 15.6. The van der Waals surface area contributed by atoms with Gasteiger partial charge < -0.3 is 30.6 Å². The van der Waals surface area contributed by atoms with Gasteiger partial charge in [0.25, 0.3) is 0 Å². The summed E-state index contributed by atoms with van der Waals surface area (Å²) in [5.74, 6) is -2.54. The van der Waals surface area contributed by atoms with E-state index in [1.807, 2.05) is 0 Å². The number of aliphatic hydroxyl groups excluding tert-OH is 2. The van der Waals surface area contributed by atoms with Crippen LogP contribution in [0.25, 0.3) is 0 Å². The quantitative estimate of drug-likeness (QED) is 0.467. The summed E-state index contributed by atoms with van der Waals surface area (Å²) in [6, 6.07) is 8.40. The predicted octanol–water partition coefficient (Wildman–Crippen LogP) is 0.994. The van der Waals surface area contributed by atoms with E-state index in [0.717, 1.165) is 0 Å². The topological polar surface area (TPSA) is 121 Å². The summed E-state index contributed by atoms with van der Waals surface area (Å²) in [6.07, 6.45) is -1.23. The third-order valence-corrected chi connectivity index (χ3v) is 3.32. The lowest BCUT2D eigenvalue weighted by Crippen LogP contribution is -2.23. The monoisotopic (exact) mass is 292 g/mol. The fourth-order valence-corrected chi connectivity index (χ4v) is 2.23. The second kappa shape index (κ2) is 5.90. The van der Waals surface area contributed by atoms with E-state index < -0.39 is 35.9 Å². The molecule has 2 rings (SSSR count). The van der Waals surface area contributed by atoms with Gasteiger partial charge in [0.05, 0.1) is 12.7 Å². The first-order valence-electron chi connectivity index (χ1n) is 6.27. The molecular formula is C15H16O6. The van der Waals surface area contributed by atoms with E-state index in [4.69, 9.17) is 0 Å². The van der Waals surface area contributed by atoms with Crippen molar-refractivity contribution in [2.24, 2.45) is 0 Å². The molecule has 0 aliphatic carbocycles. The molecule has 2 aromatic carbocycles. The molecule has 2 atom stereocenters. The molecule has 0 amide bonds. The minimum Gasteiger partial charge on any atom is -0.508 e. The van der Waals surface area contributed by atoms with Crippen LogP contribution in [-0.2, 0) is 0 Å². The molecule has 0 aromatic heterocycles. The van der Waals surface area contributed by atoms with Gasteiger partial charge in [0.1, 0.15) is 5.75 Å². The molecule has 0 aliphatic rings. The lowest BCUT2D eigenvalue weighted by Gasteiger charge is -2.23. The number of phenols is 4. The molecule has 0 aliphatic heterocycles. The summed E-state index contributed by atoms with van der Waals surface area (Å²) < 4.78 is 0. The predicted molar refractivity (Wildman–Crippen MR) is 74.5 cm³/mol. The summed E-state index contributed by atoms with van der Waals surface area (Å²) in [6.45, 7) is -0.563. The highest BCUT2D eigenvalue weighted by Gasteiger charge is 2.27. The molecule has 0 bridgehead atoms. The first-order chi connectivity index (χ1) is 9.95. The molecule has 0 saturated heterocycles. The maximum Gasteiger partial charge on any atom is 0.200 e. The lowest BCUT2D eigenvalue weighted by molar-refractivity contribution is 0.0815. The van der Waals surface area contributed by atoms with Crippen LogP contribution in [0.5, 0.6) is 23.0 Å². The molecule has 2 aromatic rings. The molecule has 0 fully saturated rings. The molecule has 0 spiro atoms. The average molecular weight is 292 g/mol. The van der Waals surface area contributed by atoms with E-state index in [0.29, 0.717) is 5.56 Å². The Morgan fingerprint density at radius 2 is 1.43 bits per heavy atom. The van der Waals surface area contributed by atoms with Crippen LogP contribution >= 0.6 is 0 Å². The summed E-state index contributed by atoms with van der Waals surface area (Å²) in [5.41, 5.74) is 0.673. The summed E-state index contributed by atoms with van der Waals surface area (Å²) in [5, 5.41) is 57.4. The maximum absolute atomic E-state index is 10.0. The number of phenolic OH excluding ortho intramolecular Hbond substituents is 4. The van der Waals surface area contributed by atoms with Crippen molar-refractivity contribution in [2.45, 2.75) is 12.0 Å². The van der Waals surface area contributed by atoms with Crippen LogP contribution in [-0.4, -0.2) is 43.4 Å². The van der Waals surface area contributed by atoms with Crippen LogP contribution in [0.15, 0.2) is 36.4 Å². The van der Waals surface area contributed by atoms with Gasteiger partial charge in [-0.25, -0.2) is 0 Å². The van der Waals surface area contributed by atoms with Gasteiger partial charge in [-0.15, -0.1) is 0 Å². The SMILES string of the molecule is OCC(O)C(c1ccc(O)cc1)c1ccc(O)c(O)c1O.